The van der Waals surface area contributed by atoms with Gasteiger partial charge in [-0.2, -0.15) is 0 Å². The summed E-state index contributed by atoms with van der Waals surface area (Å²) in [7, 11) is -3.62. The van der Waals surface area contributed by atoms with Crippen molar-refractivity contribution >= 4 is 27.3 Å². The smallest absolute Gasteiger partial charge is 0.254 e. The van der Waals surface area contributed by atoms with Gasteiger partial charge in [-0.05, 0) is 62.2 Å². The number of amides is 1. The maximum atomic E-state index is 13.3. The standard InChI is InChI=1S/C21H22N2O4S2/c1-15-7-10-19(28-15)14-23(13-18-5-3-11-27-18)21(24)16-4-2-6-20(12-16)29(25,26)22-17-8-9-17/h2-7,10-12,17,22H,8-9,13-14H2,1H3. The molecule has 0 spiro atoms. The van der Waals surface area contributed by atoms with Gasteiger partial charge in [0.25, 0.3) is 5.91 Å². The van der Waals surface area contributed by atoms with Crippen LogP contribution in [0.1, 0.15) is 38.7 Å². The van der Waals surface area contributed by atoms with E-state index in [0.29, 0.717) is 24.4 Å². The highest BCUT2D eigenvalue weighted by Gasteiger charge is 2.28. The molecule has 0 saturated heterocycles. The third kappa shape index (κ3) is 4.95. The van der Waals surface area contributed by atoms with Crippen LogP contribution in [0.2, 0.25) is 0 Å². The third-order valence-electron chi connectivity index (χ3n) is 4.65. The Morgan fingerprint density at radius 2 is 2.00 bits per heavy atom. The highest BCUT2D eigenvalue weighted by Crippen LogP contribution is 2.24. The lowest BCUT2D eigenvalue weighted by molar-refractivity contribution is 0.0719. The number of sulfonamides is 1. The van der Waals surface area contributed by atoms with Crippen molar-refractivity contribution in [1.29, 1.82) is 0 Å². The monoisotopic (exact) mass is 430 g/mol. The summed E-state index contributed by atoms with van der Waals surface area (Å²) in [5.74, 6) is 0.432. The second kappa shape index (κ2) is 8.14. The summed E-state index contributed by atoms with van der Waals surface area (Å²) in [5.41, 5.74) is 0.337. The van der Waals surface area contributed by atoms with Crippen LogP contribution >= 0.6 is 11.3 Å². The number of carbonyl (C=O) groups excluding carboxylic acids is 1. The number of thiophene rings is 1. The van der Waals surface area contributed by atoms with Crippen molar-refractivity contribution in [2.24, 2.45) is 0 Å². The van der Waals surface area contributed by atoms with Crippen LogP contribution in [0.4, 0.5) is 0 Å². The van der Waals surface area contributed by atoms with E-state index >= 15 is 0 Å². The van der Waals surface area contributed by atoms with Crippen LogP contribution in [-0.2, 0) is 23.1 Å². The second-order valence-electron chi connectivity index (χ2n) is 7.18. The van der Waals surface area contributed by atoms with E-state index < -0.39 is 10.0 Å². The largest absolute Gasteiger partial charge is 0.467 e. The van der Waals surface area contributed by atoms with Gasteiger partial charge in [0.1, 0.15) is 5.76 Å². The van der Waals surface area contributed by atoms with E-state index in [1.807, 2.05) is 25.1 Å². The van der Waals surface area contributed by atoms with Crippen LogP contribution in [0.3, 0.4) is 0 Å². The van der Waals surface area contributed by atoms with Gasteiger partial charge >= 0.3 is 0 Å². The van der Waals surface area contributed by atoms with Gasteiger partial charge in [-0.15, -0.1) is 11.3 Å². The number of hydrogen-bond donors (Lipinski definition) is 1. The molecule has 1 amide bonds. The fourth-order valence-corrected chi connectivity index (χ4v) is 5.27. The lowest BCUT2D eigenvalue weighted by Crippen LogP contribution is -2.30. The van der Waals surface area contributed by atoms with E-state index in [0.717, 1.165) is 17.7 Å². The van der Waals surface area contributed by atoms with E-state index in [1.165, 1.54) is 17.0 Å². The quantitative estimate of drug-likeness (QED) is 0.587. The fraction of sp³-hybridized carbons (Fsp3) is 0.286. The van der Waals surface area contributed by atoms with Gasteiger partial charge in [-0.1, -0.05) is 6.07 Å². The minimum atomic E-state index is -3.62. The number of hydrogen-bond acceptors (Lipinski definition) is 5. The minimum Gasteiger partial charge on any atom is -0.467 e. The Bertz CT molecular complexity index is 1100. The maximum Gasteiger partial charge on any atom is 0.254 e. The van der Waals surface area contributed by atoms with Crippen LogP contribution in [0.5, 0.6) is 0 Å². The van der Waals surface area contributed by atoms with E-state index in [1.54, 1.807) is 40.7 Å². The van der Waals surface area contributed by atoms with Gasteiger partial charge in [-0.3, -0.25) is 4.79 Å². The van der Waals surface area contributed by atoms with Gasteiger partial charge in [0.05, 0.1) is 24.2 Å². The molecule has 2 aromatic heterocycles. The number of nitrogens with one attached hydrogen (secondary N) is 1. The molecule has 0 aliphatic heterocycles. The molecule has 8 heteroatoms. The van der Waals surface area contributed by atoms with Gasteiger partial charge in [-0.25, -0.2) is 13.1 Å². The van der Waals surface area contributed by atoms with Crippen molar-refractivity contribution < 1.29 is 17.6 Å². The Morgan fingerprint density at radius 1 is 1.17 bits per heavy atom. The Hall–Kier alpha value is -2.42. The first-order chi connectivity index (χ1) is 13.9. The Balaban J connectivity index is 1.60. The lowest BCUT2D eigenvalue weighted by atomic mass is 10.2. The molecule has 6 nitrogen and oxygen atoms in total. The zero-order valence-corrected chi connectivity index (χ0v) is 17.6. The average Bonchev–Trinajstić information content (AvgIpc) is 3.16. The molecule has 0 bridgehead atoms. The summed E-state index contributed by atoms with van der Waals surface area (Å²) in [6.45, 7) is 2.75. The van der Waals surface area contributed by atoms with E-state index in [4.69, 9.17) is 4.42 Å². The molecule has 1 fully saturated rings. The van der Waals surface area contributed by atoms with Gasteiger partial charge < -0.3 is 9.32 Å². The predicted molar refractivity (Wildman–Crippen MR) is 111 cm³/mol. The van der Waals surface area contributed by atoms with Crippen LogP contribution in [0.25, 0.3) is 0 Å². The molecule has 4 rings (SSSR count). The fourth-order valence-electron chi connectivity index (χ4n) is 3.02. The summed E-state index contributed by atoms with van der Waals surface area (Å²) in [6.07, 6.45) is 3.29. The number of furan rings is 1. The maximum absolute atomic E-state index is 13.3. The highest BCUT2D eigenvalue weighted by atomic mass is 32.2. The molecule has 0 radical (unpaired) electrons. The first-order valence-corrected chi connectivity index (χ1v) is 11.7. The van der Waals surface area contributed by atoms with Crippen molar-refractivity contribution in [2.75, 3.05) is 0 Å². The zero-order valence-electron chi connectivity index (χ0n) is 16.0. The van der Waals surface area contributed by atoms with Crippen LogP contribution in [0.15, 0.2) is 64.1 Å². The summed E-state index contributed by atoms with van der Waals surface area (Å²) < 4.78 is 33.1. The highest BCUT2D eigenvalue weighted by molar-refractivity contribution is 7.89. The number of nitrogens with zero attached hydrogens (tertiary/aromatic N) is 1. The van der Waals surface area contributed by atoms with Gasteiger partial charge in [0.2, 0.25) is 10.0 Å². The molecular formula is C21H22N2O4S2. The Labute approximate surface area is 174 Å². The summed E-state index contributed by atoms with van der Waals surface area (Å²) >= 11 is 1.63. The molecule has 2 heterocycles. The molecule has 1 N–H and O–H groups in total. The minimum absolute atomic E-state index is 0.0110. The molecule has 1 aromatic carbocycles. The van der Waals surface area contributed by atoms with Gasteiger partial charge in [0, 0.05) is 21.4 Å². The van der Waals surface area contributed by atoms with Crippen LogP contribution < -0.4 is 4.72 Å². The van der Waals surface area contributed by atoms with Crippen molar-refractivity contribution in [3.05, 3.63) is 75.9 Å². The van der Waals surface area contributed by atoms with Crippen LogP contribution in [0, 0.1) is 6.92 Å². The normalized spacial score (nSPS) is 14.1. The molecule has 1 saturated carbocycles. The van der Waals surface area contributed by atoms with Gasteiger partial charge in [0.15, 0.2) is 0 Å². The third-order valence-corrected chi connectivity index (χ3v) is 7.15. The number of carbonyl (C=O) groups is 1. The number of benzene rings is 1. The Morgan fingerprint density at radius 3 is 2.66 bits per heavy atom. The Kier molecular flexibility index (Phi) is 5.58. The van der Waals surface area contributed by atoms with E-state index in [-0.39, 0.29) is 16.8 Å². The van der Waals surface area contributed by atoms with E-state index in [2.05, 4.69) is 4.72 Å². The SMILES string of the molecule is Cc1ccc(CN(Cc2ccco2)C(=O)c2cccc(S(=O)(=O)NC3CC3)c2)s1. The van der Waals surface area contributed by atoms with Crippen molar-refractivity contribution in [2.45, 2.75) is 43.8 Å². The van der Waals surface area contributed by atoms with Crippen molar-refractivity contribution in [1.82, 2.24) is 9.62 Å². The zero-order chi connectivity index (χ0) is 20.4. The molecule has 1 aliphatic rings. The summed E-state index contributed by atoms with van der Waals surface area (Å²) in [5, 5.41) is 0. The lowest BCUT2D eigenvalue weighted by Gasteiger charge is -2.21. The first-order valence-electron chi connectivity index (χ1n) is 9.40. The molecule has 0 atom stereocenters. The second-order valence-corrected chi connectivity index (χ2v) is 10.3. The molecule has 3 aromatic rings. The predicted octanol–water partition coefficient (Wildman–Crippen LogP) is 3.93. The molecule has 0 unspecified atom stereocenters. The summed E-state index contributed by atoms with van der Waals surface area (Å²) in [4.78, 5) is 17.3. The number of aryl methyl sites for hydroxylation is 1. The average molecular weight is 431 g/mol. The molecular weight excluding hydrogens is 408 g/mol. The summed E-state index contributed by atoms with van der Waals surface area (Å²) in [6, 6.07) is 13.8. The molecule has 29 heavy (non-hydrogen) atoms. The first kappa shape index (κ1) is 19.9. The van der Waals surface area contributed by atoms with Crippen LogP contribution in [-0.4, -0.2) is 25.3 Å². The van der Waals surface area contributed by atoms with Crippen molar-refractivity contribution in [3.8, 4) is 0 Å². The molecule has 152 valence electrons. The van der Waals surface area contributed by atoms with E-state index in [9.17, 15) is 13.2 Å². The molecule has 1 aliphatic carbocycles. The topological polar surface area (TPSA) is 79.6 Å². The number of rotatable bonds is 8. The van der Waals surface area contributed by atoms with Crippen molar-refractivity contribution in [3.63, 3.8) is 0 Å².